The zero-order valence-corrected chi connectivity index (χ0v) is 7.22. The molecule has 0 aliphatic carbocycles. The molecule has 2 heteroatoms. The van der Waals surface area contributed by atoms with E-state index in [1.807, 2.05) is 18.2 Å². The fourth-order valence-electron chi connectivity index (χ4n) is 0.534. The van der Waals surface area contributed by atoms with Gasteiger partial charge in [-0.15, -0.1) is 17.0 Å². The summed E-state index contributed by atoms with van der Waals surface area (Å²) in [6.07, 6.45) is 0. The third kappa shape index (κ3) is 4.18. The van der Waals surface area contributed by atoms with Gasteiger partial charge in [-0.05, 0) is 6.92 Å². The van der Waals surface area contributed by atoms with E-state index >= 15 is 0 Å². The van der Waals surface area contributed by atoms with Gasteiger partial charge in [0, 0.05) is 0 Å². The first-order chi connectivity index (χ1) is 3.39. The fourth-order valence-corrected chi connectivity index (χ4v) is 0.534. The molecule has 0 fully saturated rings. The van der Waals surface area contributed by atoms with Crippen molar-refractivity contribution in [2.45, 2.75) is 6.92 Å². The van der Waals surface area contributed by atoms with Crippen molar-refractivity contribution in [3.05, 3.63) is 35.9 Å². The third-order valence-electron chi connectivity index (χ3n) is 0.940. The summed E-state index contributed by atoms with van der Waals surface area (Å²) in [4.78, 5) is 0. The van der Waals surface area contributed by atoms with Gasteiger partial charge in [-0.1, -0.05) is 35.9 Å². The van der Waals surface area contributed by atoms with Crippen LogP contribution in [-0.2, 0) is 0 Å². The zero-order valence-electron chi connectivity index (χ0n) is 5.50. The minimum Gasteiger partial charge on any atom is -0.344 e. The monoisotopic (exact) mass is 189 g/mol. The number of aryl methyl sites for hydroxylation is 1. The predicted octanol–water partition coefficient (Wildman–Crippen LogP) is 2.73. The average Bonchev–Trinajstić information content (AvgIpc) is 1.69. The van der Waals surface area contributed by atoms with Crippen LogP contribution in [0.2, 0.25) is 0 Å². The summed E-state index contributed by atoms with van der Waals surface area (Å²) in [5.41, 5.74) is 1.32. The molecule has 0 aliphatic heterocycles. The second kappa shape index (κ2) is 5.79. The Morgan fingerprint density at radius 3 is 1.67 bits per heavy atom. The zero-order chi connectivity index (χ0) is 5.11. The Morgan fingerprint density at radius 2 is 1.44 bits per heavy atom. The predicted molar refractivity (Wildman–Crippen MR) is 46.5 cm³/mol. The molecule has 52 valence electrons. The molecule has 0 spiro atoms. The largest absolute Gasteiger partial charge is 0.344 e. The van der Waals surface area contributed by atoms with Crippen molar-refractivity contribution < 1.29 is 0 Å². The van der Waals surface area contributed by atoms with E-state index in [0.29, 0.717) is 0 Å². The minimum absolute atomic E-state index is 0. The Morgan fingerprint density at radius 1 is 1.00 bits per heavy atom. The molecule has 0 aromatic heterocycles. The average molecular weight is 190 g/mol. The van der Waals surface area contributed by atoms with Gasteiger partial charge >= 0.3 is 0 Å². The van der Waals surface area contributed by atoms with Crippen LogP contribution < -0.4 is 6.15 Å². The van der Waals surface area contributed by atoms with Gasteiger partial charge in [0.05, 0.1) is 0 Å². The highest BCUT2D eigenvalue weighted by molar-refractivity contribution is 8.93. The topological polar surface area (TPSA) is 35.0 Å². The highest BCUT2D eigenvalue weighted by Crippen LogP contribution is 1.92. The van der Waals surface area contributed by atoms with Crippen molar-refractivity contribution in [3.63, 3.8) is 0 Å². The Hall–Kier alpha value is -0.340. The molecule has 1 aromatic carbocycles. The summed E-state index contributed by atoms with van der Waals surface area (Å²) in [5, 5.41) is 0. The van der Waals surface area contributed by atoms with Gasteiger partial charge < -0.3 is 6.15 Å². The summed E-state index contributed by atoms with van der Waals surface area (Å²) in [7, 11) is 0. The van der Waals surface area contributed by atoms with Gasteiger partial charge in [-0.3, -0.25) is 0 Å². The summed E-state index contributed by atoms with van der Waals surface area (Å²) in [6, 6.07) is 10.3. The quantitative estimate of drug-likeness (QED) is 0.670. The normalized spacial score (nSPS) is 6.78. The SMILES string of the molecule is Br.Cc1ccccc1.N. The third-order valence-corrected chi connectivity index (χ3v) is 0.940. The van der Waals surface area contributed by atoms with Crippen LogP contribution in [0.4, 0.5) is 0 Å². The van der Waals surface area contributed by atoms with Crippen LogP contribution in [0.1, 0.15) is 5.56 Å². The lowest BCUT2D eigenvalue weighted by atomic mass is 10.2. The number of rotatable bonds is 0. The second-order valence-corrected chi connectivity index (χ2v) is 1.65. The first-order valence-electron chi connectivity index (χ1n) is 2.41. The van der Waals surface area contributed by atoms with Gasteiger partial charge in [0.15, 0.2) is 0 Å². The first-order valence-corrected chi connectivity index (χ1v) is 2.41. The molecular formula is C7H12BrN. The highest BCUT2D eigenvalue weighted by Gasteiger charge is 1.72. The Labute approximate surface area is 66.4 Å². The fraction of sp³-hybridized carbons (Fsp3) is 0.143. The molecule has 0 amide bonds. The van der Waals surface area contributed by atoms with Crippen LogP contribution in [0.3, 0.4) is 0 Å². The number of hydrogen-bond donors (Lipinski definition) is 1. The summed E-state index contributed by atoms with van der Waals surface area (Å²) < 4.78 is 0. The van der Waals surface area contributed by atoms with Gasteiger partial charge in [0.25, 0.3) is 0 Å². The minimum atomic E-state index is 0. The van der Waals surface area contributed by atoms with Gasteiger partial charge in [0.1, 0.15) is 0 Å². The molecule has 0 radical (unpaired) electrons. The summed E-state index contributed by atoms with van der Waals surface area (Å²) in [6.45, 7) is 2.08. The van der Waals surface area contributed by atoms with Crippen molar-refractivity contribution in [1.29, 1.82) is 0 Å². The van der Waals surface area contributed by atoms with Crippen molar-refractivity contribution in [1.82, 2.24) is 6.15 Å². The molecule has 1 nitrogen and oxygen atoms in total. The van der Waals surface area contributed by atoms with Crippen molar-refractivity contribution >= 4 is 17.0 Å². The smallest absolute Gasteiger partial charge is 0.0398 e. The van der Waals surface area contributed by atoms with Crippen LogP contribution >= 0.6 is 17.0 Å². The Kier molecular flexibility index (Phi) is 7.37. The molecule has 0 saturated carbocycles. The van der Waals surface area contributed by atoms with E-state index in [1.165, 1.54) is 5.56 Å². The second-order valence-electron chi connectivity index (χ2n) is 1.65. The molecule has 0 heterocycles. The molecule has 0 unspecified atom stereocenters. The van der Waals surface area contributed by atoms with E-state index in [9.17, 15) is 0 Å². The maximum Gasteiger partial charge on any atom is -0.0398 e. The van der Waals surface area contributed by atoms with Crippen LogP contribution in [0.15, 0.2) is 30.3 Å². The van der Waals surface area contributed by atoms with Crippen LogP contribution in [0.25, 0.3) is 0 Å². The number of benzene rings is 1. The molecule has 1 rings (SSSR count). The van der Waals surface area contributed by atoms with E-state index in [4.69, 9.17) is 0 Å². The van der Waals surface area contributed by atoms with Gasteiger partial charge in [-0.25, -0.2) is 0 Å². The van der Waals surface area contributed by atoms with Crippen molar-refractivity contribution in [2.24, 2.45) is 0 Å². The van der Waals surface area contributed by atoms with Gasteiger partial charge in [-0.2, -0.15) is 0 Å². The molecule has 9 heavy (non-hydrogen) atoms. The summed E-state index contributed by atoms with van der Waals surface area (Å²) in [5.74, 6) is 0. The molecule has 0 aliphatic rings. The van der Waals surface area contributed by atoms with E-state index < -0.39 is 0 Å². The van der Waals surface area contributed by atoms with Crippen LogP contribution in [0, 0.1) is 6.92 Å². The molecule has 0 bridgehead atoms. The van der Waals surface area contributed by atoms with E-state index in [2.05, 4.69) is 19.1 Å². The Bertz CT molecular complexity index is 139. The van der Waals surface area contributed by atoms with Crippen LogP contribution in [0.5, 0.6) is 0 Å². The molecular weight excluding hydrogens is 178 g/mol. The first kappa shape index (κ1) is 11.5. The lowest BCUT2D eigenvalue weighted by Crippen LogP contribution is -1.62. The van der Waals surface area contributed by atoms with E-state index in [1.54, 1.807) is 0 Å². The number of hydrogen-bond acceptors (Lipinski definition) is 1. The highest BCUT2D eigenvalue weighted by atomic mass is 79.9. The van der Waals surface area contributed by atoms with E-state index in [-0.39, 0.29) is 23.1 Å². The molecule has 0 atom stereocenters. The summed E-state index contributed by atoms with van der Waals surface area (Å²) >= 11 is 0. The molecule has 0 saturated heterocycles. The maximum atomic E-state index is 2.08. The maximum absolute atomic E-state index is 2.08. The lowest BCUT2D eigenvalue weighted by Gasteiger charge is -1.82. The van der Waals surface area contributed by atoms with Crippen LogP contribution in [-0.4, -0.2) is 0 Å². The van der Waals surface area contributed by atoms with Crippen molar-refractivity contribution in [2.75, 3.05) is 0 Å². The lowest BCUT2D eigenvalue weighted by molar-refractivity contribution is 1.48. The molecule has 1 aromatic rings. The Balaban J connectivity index is 0. The van der Waals surface area contributed by atoms with Crippen molar-refractivity contribution in [3.8, 4) is 0 Å². The van der Waals surface area contributed by atoms with E-state index in [0.717, 1.165) is 0 Å². The molecule has 3 N–H and O–H groups in total. The van der Waals surface area contributed by atoms with Gasteiger partial charge in [0.2, 0.25) is 0 Å². The number of halogens is 1. The standard InChI is InChI=1S/C7H8.BrH.H3N/c1-7-5-3-2-4-6-7;;/h2-6H,1H3;1H;1H3.